The molecule has 0 bridgehead atoms. The smallest absolute Gasteiger partial charge is 0.304 e. The van der Waals surface area contributed by atoms with Crippen LogP contribution < -0.4 is 16.6 Å². The van der Waals surface area contributed by atoms with E-state index in [-0.39, 0.29) is 17.3 Å². The van der Waals surface area contributed by atoms with Gasteiger partial charge in [-0.15, -0.1) is 0 Å². The number of hydrogen-bond acceptors (Lipinski definition) is 3. The van der Waals surface area contributed by atoms with Gasteiger partial charge in [-0.1, -0.05) is 37.6 Å². The Morgan fingerprint density at radius 2 is 1.70 bits per heavy atom. The van der Waals surface area contributed by atoms with Crippen LogP contribution in [-0.4, -0.2) is 9.13 Å². The molecule has 124 valence electrons. The zero-order valence-electron chi connectivity index (χ0n) is 13.8. The molecule has 1 aromatic carbocycles. The van der Waals surface area contributed by atoms with E-state index < -0.39 is 0 Å². The summed E-state index contributed by atoms with van der Waals surface area (Å²) in [4.78, 5) is 23.8. The molecule has 2 rings (SSSR count). The molecule has 1 heterocycles. The number of hydrogen-bond donors (Lipinski definition) is 1. The van der Waals surface area contributed by atoms with E-state index in [0.29, 0.717) is 23.2 Å². The van der Waals surface area contributed by atoms with Crippen molar-refractivity contribution >= 4 is 11.6 Å². The molecule has 1 atom stereocenters. The van der Waals surface area contributed by atoms with Crippen molar-refractivity contribution in [2.24, 2.45) is 20.0 Å². The molecule has 1 aromatic heterocycles. The lowest BCUT2D eigenvalue weighted by atomic mass is 9.96. The molecule has 2 aromatic rings. The summed E-state index contributed by atoms with van der Waals surface area (Å²) < 4.78 is 2.59. The van der Waals surface area contributed by atoms with Crippen LogP contribution in [0.25, 0.3) is 0 Å². The second kappa shape index (κ2) is 7.15. The quantitative estimate of drug-likeness (QED) is 0.911. The Morgan fingerprint density at radius 3 is 2.26 bits per heavy atom. The molecule has 0 fully saturated rings. The minimum Gasteiger partial charge on any atom is -0.304 e. The molecule has 0 unspecified atom stereocenters. The van der Waals surface area contributed by atoms with Gasteiger partial charge in [-0.2, -0.15) is 0 Å². The Bertz CT molecular complexity index is 791. The van der Waals surface area contributed by atoms with Gasteiger partial charge in [0.25, 0.3) is 5.56 Å². The lowest BCUT2D eigenvalue weighted by Gasteiger charge is -2.23. The molecular weight excluding hydrogens is 314 g/mol. The molecule has 0 saturated carbocycles. The summed E-state index contributed by atoms with van der Waals surface area (Å²) in [7, 11) is 3.15. The first kappa shape index (κ1) is 17.5. The standard InChI is InChI=1S/C17H22ClN3O2/c1-11(2)16(12-5-7-13(18)8-6-12)19-10-14-9-15(22)21(4)17(23)20(14)3/h5-9,11,16,19H,10H2,1-4H3/t16-/m1/s1. The molecule has 0 aliphatic rings. The van der Waals surface area contributed by atoms with Gasteiger partial charge in [-0.05, 0) is 23.6 Å². The molecule has 6 heteroatoms. The summed E-state index contributed by atoms with van der Waals surface area (Å²) in [6.45, 7) is 4.68. The first-order valence-electron chi connectivity index (χ1n) is 7.56. The van der Waals surface area contributed by atoms with Gasteiger partial charge in [0.05, 0.1) is 0 Å². The summed E-state index contributed by atoms with van der Waals surface area (Å²) in [5.74, 6) is 0.347. The molecule has 1 N–H and O–H groups in total. The molecule has 0 saturated heterocycles. The summed E-state index contributed by atoms with van der Waals surface area (Å²) >= 11 is 5.94. The first-order valence-corrected chi connectivity index (χ1v) is 7.94. The highest BCUT2D eigenvalue weighted by atomic mass is 35.5. The second-order valence-corrected chi connectivity index (χ2v) is 6.47. The number of aromatic nitrogens is 2. The summed E-state index contributed by atoms with van der Waals surface area (Å²) in [6.07, 6.45) is 0. The molecule has 0 amide bonds. The third kappa shape index (κ3) is 3.92. The monoisotopic (exact) mass is 335 g/mol. The van der Waals surface area contributed by atoms with Crippen LogP contribution in [0.2, 0.25) is 5.02 Å². The summed E-state index contributed by atoms with van der Waals surface area (Å²) in [5, 5.41) is 4.13. The van der Waals surface area contributed by atoms with Crippen LogP contribution in [0.3, 0.4) is 0 Å². The number of rotatable bonds is 5. The maximum Gasteiger partial charge on any atom is 0.330 e. The van der Waals surface area contributed by atoms with Crippen LogP contribution >= 0.6 is 11.6 Å². The van der Waals surface area contributed by atoms with E-state index in [0.717, 1.165) is 10.1 Å². The lowest BCUT2D eigenvalue weighted by molar-refractivity contribution is 0.403. The van der Waals surface area contributed by atoms with Crippen molar-refractivity contribution in [3.63, 3.8) is 0 Å². The van der Waals surface area contributed by atoms with Crippen molar-refractivity contribution in [1.82, 2.24) is 14.5 Å². The van der Waals surface area contributed by atoms with Crippen molar-refractivity contribution < 1.29 is 0 Å². The van der Waals surface area contributed by atoms with Crippen LogP contribution in [-0.2, 0) is 20.6 Å². The Morgan fingerprint density at radius 1 is 1.09 bits per heavy atom. The fourth-order valence-electron chi connectivity index (χ4n) is 2.57. The maximum absolute atomic E-state index is 12.0. The average Bonchev–Trinajstić information content (AvgIpc) is 2.51. The van der Waals surface area contributed by atoms with Crippen LogP contribution in [0.4, 0.5) is 0 Å². The van der Waals surface area contributed by atoms with Gasteiger partial charge >= 0.3 is 5.69 Å². The predicted molar refractivity (Wildman–Crippen MR) is 92.8 cm³/mol. The third-order valence-corrected chi connectivity index (χ3v) is 4.28. The Labute approximate surface area is 140 Å². The van der Waals surface area contributed by atoms with Gasteiger partial charge in [0.1, 0.15) is 0 Å². The zero-order valence-corrected chi connectivity index (χ0v) is 14.6. The highest BCUT2D eigenvalue weighted by molar-refractivity contribution is 6.30. The largest absolute Gasteiger partial charge is 0.330 e. The molecule has 0 aliphatic carbocycles. The van der Waals surface area contributed by atoms with Gasteiger partial charge in [0.2, 0.25) is 0 Å². The Hall–Kier alpha value is -1.85. The Balaban J connectivity index is 2.25. The first-order chi connectivity index (χ1) is 10.8. The minimum atomic E-state index is -0.318. The van der Waals surface area contributed by atoms with Crippen molar-refractivity contribution in [3.8, 4) is 0 Å². The molecule has 5 nitrogen and oxygen atoms in total. The fraction of sp³-hybridized carbons (Fsp3) is 0.412. The van der Waals surface area contributed by atoms with Crippen molar-refractivity contribution in [3.05, 3.63) is 67.4 Å². The van der Waals surface area contributed by atoms with E-state index in [1.54, 1.807) is 7.05 Å². The third-order valence-electron chi connectivity index (χ3n) is 4.02. The van der Waals surface area contributed by atoms with E-state index in [4.69, 9.17) is 11.6 Å². The van der Waals surface area contributed by atoms with E-state index in [1.807, 2.05) is 24.3 Å². The summed E-state index contributed by atoms with van der Waals surface area (Å²) in [5.41, 5.74) is 1.18. The fourth-order valence-corrected chi connectivity index (χ4v) is 2.70. The molecule has 0 radical (unpaired) electrons. The van der Waals surface area contributed by atoms with Gasteiger partial charge in [-0.3, -0.25) is 13.9 Å². The van der Waals surface area contributed by atoms with Crippen molar-refractivity contribution in [1.29, 1.82) is 0 Å². The number of nitrogens with zero attached hydrogens (tertiary/aromatic N) is 2. The SMILES string of the molecule is CC(C)[C@@H](NCc1cc(=O)n(C)c(=O)n1C)c1ccc(Cl)cc1. The zero-order chi connectivity index (χ0) is 17.1. The lowest BCUT2D eigenvalue weighted by Crippen LogP contribution is -2.39. The highest BCUT2D eigenvalue weighted by Crippen LogP contribution is 2.23. The van der Waals surface area contributed by atoms with Crippen molar-refractivity contribution in [2.75, 3.05) is 0 Å². The highest BCUT2D eigenvalue weighted by Gasteiger charge is 2.16. The van der Waals surface area contributed by atoms with Crippen LogP contribution in [0.5, 0.6) is 0 Å². The molecule has 23 heavy (non-hydrogen) atoms. The van der Waals surface area contributed by atoms with E-state index >= 15 is 0 Å². The predicted octanol–water partition coefficient (Wildman–Crippen LogP) is 2.22. The molecule has 0 aliphatic heterocycles. The minimum absolute atomic E-state index is 0.103. The van der Waals surface area contributed by atoms with Gasteiger partial charge in [0, 0.05) is 43.5 Å². The topological polar surface area (TPSA) is 56.0 Å². The normalized spacial score (nSPS) is 12.6. The molecule has 0 spiro atoms. The van der Waals surface area contributed by atoms with Gasteiger partial charge in [0.15, 0.2) is 0 Å². The van der Waals surface area contributed by atoms with E-state index in [1.165, 1.54) is 17.7 Å². The average molecular weight is 336 g/mol. The van der Waals surface area contributed by atoms with Gasteiger partial charge in [-0.25, -0.2) is 4.79 Å². The van der Waals surface area contributed by atoms with Crippen LogP contribution in [0.1, 0.15) is 31.1 Å². The van der Waals surface area contributed by atoms with Crippen LogP contribution in [0.15, 0.2) is 39.9 Å². The van der Waals surface area contributed by atoms with E-state index in [9.17, 15) is 9.59 Å². The molecular formula is C17H22ClN3O2. The van der Waals surface area contributed by atoms with E-state index in [2.05, 4.69) is 19.2 Å². The maximum atomic E-state index is 12.0. The van der Waals surface area contributed by atoms with Crippen LogP contribution in [0, 0.1) is 5.92 Å². The number of nitrogens with one attached hydrogen (secondary N) is 1. The summed E-state index contributed by atoms with van der Waals surface area (Å²) in [6, 6.07) is 9.30. The number of halogens is 1. The Kier molecular flexibility index (Phi) is 5.44. The van der Waals surface area contributed by atoms with Gasteiger partial charge < -0.3 is 5.32 Å². The van der Waals surface area contributed by atoms with Crippen molar-refractivity contribution in [2.45, 2.75) is 26.4 Å². The second-order valence-electron chi connectivity index (χ2n) is 6.03. The number of benzene rings is 1.